The third-order valence-corrected chi connectivity index (χ3v) is 2.35. The Hall–Kier alpha value is -0.830. The number of hydrogen-bond acceptors (Lipinski definition) is 2. The number of nitrogens with one attached hydrogen (secondary N) is 1. The van der Waals surface area contributed by atoms with E-state index in [1.165, 1.54) is 12.8 Å². The number of hydrogen-bond donors (Lipinski definition) is 1. The molecule has 1 N–H and O–H groups in total. The SMILES string of the molecule is CCCC(C)CNCCn1cccn1. The molecule has 3 nitrogen and oxygen atoms in total. The Morgan fingerprint density at radius 3 is 3.00 bits per heavy atom. The fraction of sp³-hybridized carbons (Fsp3) is 0.727. The second-order valence-electron chi connectivity index (χ2n) is 3.87. The van der Waals surface area contributed by atoms with E-state index in [0.717, 1.165) is 25.6 Å². The average molecular weight is 195 g/mol. The zero-order valence-electron chi connectivity index (χ0n) is 9.24. The van der Waals surface area contributed by atoms with Crippen molar-refractivity contribution >= 4 is 0 Å². The normalized spacial score (nSPS) is 13.0. The predicted octanol–water partition coefficient (Wildman–Crippen LogP) is 1.91. The molecule has 1 aromatic rings. The molecule has 1 atom stereocenters. The standard InChI is InChI=1S/C11H21N3/c1-3-5-11(2)10-12-7-9-14-8-4-6-13-14/h4,6,8,11-12H,3,5,7,9-10H2,1-2H3. The van der Waals surface area contributed by atoms with Crippen LogP contribution in [0.2, 0.25) is 0 Å². The van der Waals surface area contributed by atoms with Crippen molar-refractivity contribution in [1.82, 2.24) is 15.1 Å². The van der Waals surface area contributed by atoms with Gasteiger partial charge in [0, 0.05) is 18.9 Å². The summed E-state index contributed by atoms with van der Waals surface area (Å²) >= 11 is 0. The molecule has 0 saturated heterocycles. The van der Waals surface area contributed by atoms with E-state index in [-0.39, 0.29) is 0 Å². The summed E-state index contributed by atoms with van der Waals surface area (Å²) in [7, 11) is 0. The minimum absolute atomic E-state index is 0.789. The summed E-state index contributed by atoms with van der Waals surface area (Å²) in [6.45, 7) is 7.63. The molecular weight excluding hydrogens is 174 g/mol. The van der Waals surface area contributed by atoms with Crippen LogP contribution in [0.4, 0.5) is 0 Å². The fourth-order valence-electron chi connectivity index (χ4n) is 1.57. The highest BCUT2D eigenvalue weighted by Gasteiger charge is 1.98. The molecule has 3 heteroatoms. The van der Waals surface area contributed by atoms with Crippen molar-refractivity contribution < 1.29 is 0 Å². The van der Waals surface area contributed by atoms with Gasteiger partial charge in [-0.1, -0.05) is 20.3 Å². The molecule has 0 radical (unpaired) electrons. The van der Waals surface area contributed by atoms with Crippen molar-refractivity contribution in [1.29, 1.82) is 0 Å². The van der Waals surface area contributed by atoms with Crippen LogP contribution in [-0.4, -0.2) is 22.9 Å². The quantitative estimate of drug-likeness (QED) is 0.674. The molecule has 0 spiro atoms. The van der Waals surface area contributed by atoms with Gasteiger partial charge in [-0.2, -0.15) is 5.10 Å². The molecule has 0 aromatic carbocycles. The summed E-state index contributed by atoms with van der Waals surface area (Å²) in [6.07, 6.45) is 6.41. The summed E-state index contributed by atoms with van der Waals surface area (Å²) in [5.74, 6) is 0.789. The zero-order valence-corrected chi connectivity index (χ0v) is 9.24. The second kappa shape index (κ2) is 6.60. The van der Waals surface area contributed by atoms with Crippen molar-refractivity contribution in [3.8, 4) is 0 Å². The van der Waals surface area contributed by atoms with Crippen molar-refractivity contribution in [3.63, 3.8) is 0 Å². The molecule has 1 aromatic heterocycles. The van der Waals surface area contributed by atoms with Crippen LogP contribution in [0.25, 0.3) is 0 Å². The third-order valence-electron chi connectivity index (χ3n) is 2.35. The van der Waals surface area contributed by atoms with E-state index < -0.39 is 0 Å². The molecule has 14 heavy (non-hydrogen) atoms. The monoisotopic (exact) mass is 195 g/mol. The van der Waals surface area contributed by atoms with Crippen molar-refractivity contribution in [3.05, 3.63) is 18.5 Å². The second-order valence-corrected chi connectivity index (χ2v) is 3.87. The van der Waals surface area contributed by atoms with E-state index in [9.17, 15) is 0 Å². The summed E-state index contributed by atoms with van der Waals surface area (Å²) in [4.78, 5) is 0. The Kier molecular flexibility index (Phi) is 5.30. The lowest BCUT2D eigenvalue weighted by Gasteiger charge is -2.11. The largest absolute Gasteiger partial charge is 0.315 e. The van der Waals surface area contributed by atoms with Crippen LogP contribution in [-0.2, 0) is 6.54 Å². The van der Waals surface area contributed by atoms with Gasteiger partial charge in [-0.3, -0.25) is 4.68 Å². The van der Waals surface area contributed by atoms with E-state index in [0.29, 0.717) is 0 Å². The summed E-state index contributed by atoms with van der Waals surface area (Å²) in [6, 6.07) is 1.96. The Morgan fingerprint density at radius 2 is 2.36 bits per heavy atom. The van der Waals surface area contributed by atoms with Gasteiger partial charge in [0.2, 0.25) is 0 Å². The molecule has 1 unspecified atom stereocenters. The lowest BCUT2D eigenvalue weighted by molar-refractivity contribution is 0.458. The van der Waals surface area contributed by atoms with Gasteiger partial charge in [-0.15, -0.1) is 0 Å². The first-order chi connectivity index (χ1) is 6.83. The Balaban J connectivity index is 1.99. The van der Waals surface area contributed by atoms with Gasteiger partial charge in [0.15, 0.2) is 0 Å². The Morgan fingerprint density at radius 1 is 1.50 bits per heavy atom. The van der Waals surface area contributed by atoms with Crippen LogP contribution < -0.4 is 5.32 Å². The first-order valence-electron chi connectivity index (χ1n) is 5.51. The van der Waals surface area contributed by atoms with Gasteiger partial charge in [0.1, 0.15) is 0 Å². The van der Waals surface area contributed by atoms with Gasteiger partial charge in [0.25, 0.3) is 0 Å². The number of nitrogens with zero attached hydrogens (tertiary/aromatic N) is 2. The van der Waals surface area contributed by atoms with Crippen LogP contribution in [0, 0.1) is 5.92 Å². The van der Waals surface area contributed by atoms with Crippen LogP contribution >= 0.6 is 0 Å². The molecule has 1 rings (SSSR count). The maximum absolute atomic E-state index is 4.15. The molecule has 1 heterocycles. The van der Waals surface area contributed by atoms with Crippen LogP contribution in [0.3, 0.4) is 0 Å². The average Bonchev–Trinajstić information content (AvgIpc) is 2.65. The smallest absolute Gasteiger partial charge is 0.0533 e. The first-order valence-corrected chi connectivity index (χ1v) is 5.51. The topological polar surface area (TPSA) is 29.9 Å². The number of rotatable bonds is 7. The molecule has 0 saturated carbocycles. The van der Waals surface area contributed by atoms with Crippen molar-refractivity contribution in [2.75, 3.05) is 13.1 Å². The predicted molar refractivity (Wildman–Crippen MR) is 59.2 cm³/mol. The summed E-state index contributed by atoms with van der Waals surface area (Å²) < 4.78 is 1.96. The van der Waals surface area contributed by atoms with E-state index in [1.54, 1.807) is 0 Å². The highest BCUT2D eigenvalue weighted by atomic mass is 15.3. The van der Waals surface area contributed by atoms with Crippen molar-refractivity contribution in [2.45, 2.75) is 33.2 Å². The Bertz CT molecular complexity index is 218. The fourth-order valence-corrected chi connectivity index (χ4v) is 1.57. The molecule has 0 fully saturated rings. The minimum Gasteiger partial charge on any atom is -0.315 e. The van der Waals surface area contributed by atoms with E-state index in [4.69, 9.17) is 0 Å². The molecule has 0 aliphatic heterocycles. The van der Waals surface area contributed by atoms with Crippen molar-refractivity contribution in [2.24, 2.45) is 5.92 Å². The van der Waals surface area contributed by atoms with Crippen LogP contribution in [0.1, 0.15) is 26.7 Å². The maximum atomic E-state index is 4.15. The lowest BCUT2D eigenvalue weighted by Crippen LogP contribution is -2.25. The summed E-state index contributed by atoms with van der Waals surface area (Å²) in [5, 5.41) is 7.59. The molecular formula is C11H21N3. The molecule has 0 aliphatic carbocycles. The molecule has 0 amide bonds. The van der Waals surface area contributed by atoms with Gasteiger partial charge in [-0.05, 0) is 24.9 Å². The number of aromatic nitrogens is 2. The first kappa shape index (κ1) is 11.2. The van der Waals surface area contributed by atoms with E-state index in [1.807, 2.05) is 23.1 Å². The minimum atomic E-state index is 0.789. The van der Waals surface area contributed by atoms with Crippen LogP contribution in [0.5, 0.6) is 0 Å². The molecule has 80 valence electrons. The van der Waals surface area contributed by atoms with Gasteiger partial charge >= 0.3 is 0 Å². The highest BCUT2D eigenvalue weighted by molar-refractivity contribution is 4.77. The molecule has 0 bridgehead atoms. The summed E-state index contributed by atoms with van der Waals surface area (Å²) in [5.41, 5.74) is 0. The van der Waals surface area contributed by atoms with Gasteiger partial charge < -0.3 is 5.32 Å². The maximum Gasteiger partial charge on any atom is 0.0533 e. The van der Waals surface area contributed by atoms with Gasteiger partial charge in [-0.25, -0.2) is 0 Å². The van der Waals surface area contributed by atoms with Crippen LogP contribution in [0.15, 0.2) is 18.5 Å². The Labute approximate surface area is 86.5 Å². The lowest BCUT2D eigenvalue weighted by atomic mass is 10.1. The third kappa shape index (κ3) is 4.42. The van der Waals surface area contributed by atoms with Gasteiger partial charge in [0.05, 0.1) is 6.54 Å². The van der Waals surface area contributed by atoms with E-state index in [2.05, 4.69) is 24.3 Å². The van der Waals surface area contributed by atoms with E-state index >= 15 is 0 Å². The highest BCUT2D eigenvalue weighted by Crippen LogP contribution is 2.02. The zero-order chi connectivity index (χ0) is 10.2. The molecule has 0 aliphatic rings.